The fraction of sp³-hybridized carbons (Fsp3) is 0.310. The lowest BCUT2D eigenvalue weighted by Gasteiger charge is -2.24. The third-order valence-corrected chi connectivity index (χ3v) is 6.39. The van der Waals surface area contributed by atoms with Gasteiger partial charge < -0.3 is 14.6 Å². The molecule has 1 amide bonds. The summed E-state index contributed by atoms with van der Waals surface area (Å²) in [7, 11) is 0. The molecule has 0 bridgehead atoms. The van der Waals surface area contributed by atoms with Crippen molar-refractivity contribution < 1.29 is 14.3 Å². The molecule has 7 heteroatoms. The van der Waals surface area contributed by atoms with Crippen LogP contribution in [0.3, 0.4) is 0 Å². The number of nitrogens with zero attached hydrogens (tertiary/aromatic N) is 2. The minimum atomic E-state index is -0.374. The van der Waals surface area contributed by atoms with E-state index in [0.29, 0.717) is 5.69 Å². The van der Waals surface area contributed by atoms with E-state index < -0.39 is 0 Å². The summed E-state index contributed by atoms with van der Waals surface area (Å²) in [5, 5.41) is 12.3. The van der Waals surface area contributed by atoms with Crippen LogP contribution < -0.4 is 15.6 Å². The van der Waals surface area contributed by atoms with E-state index in [2.05, 4.69) is 5.32 Å². The zero-order valence-corrected chi connectivity index (χ0v) is 20.5. The number of carbonyl (C=O) groups excluding carboxylic acids is 2. The van der Waals surface area contributed by atoms with Gasteiger partial charge in [0.05, 0.1) is 5.56 Å². The number of amides is 1. The highest BCUT2D eigenvalue weighted by molar-refractivity contribution is 6.10. The molecule has 4 rings (SSSR count). The van der Waals surface area contributed by atoms with Crippen molar-refractivity contribution in [2.75, 3.05) is 11.9 Å². The van der Waals surface area contributed by atoms with Crippen molar-refractivity contribution in [2.45, 2.75) is 52.0 Å². The molecule has 1 heterocycles. The lowest BCUT2D eigenvalue weighted by molar-refractivity contribution is -0.118. The number of nitrogens with one attached hydrogen (secondary N) is 1. The van der Waals surface area contributed by atoms with E-state index >= 15 is 0 Å². The first-order chi connectivity index (χ1) is 17.4. The number of hydrogen-bond acceptors (Lipinski definition) is 5. The van der Waals surface area contributed by atoms with E-state index in [1.807, 2.05) is 38.1 Å². The molecule has 1 saturated carbocycles. The second-order valence-corrected chi connectivity index (χ2v) is 9.30. The first kappa shape index (κ1) is 24.9. The molecule has 1 fully saturated rings. The van der Waals surface area contributed by atoms with Crippen molar-refractivity contribution in [1.29, 1.82) is 5.26 Å². The Bertz CT molecular complexity index is 1370. The van der Waals surface area contributed by atoms with Crippen LogP contribution in [-0.4, -0.2) is 22.9 Å². The molecule has 0 radical (unpaired) electrons. The van der Waals surface area contributed by atoms with Gasteiger partial charge in [0.15, 0.2) is 12.4 Å². The number of ether oxygens (including phenoxy) is 1. The van der Waals surface area contributed by atoms with Crippen LogP contribution in [0, 0.1) is 25.2 Å². The first-order valence-electron chi connectivity index (χ1n) is 12.2. The number of anilines is 1. The lowest BCUT2D eigenvalue weighted by Crippen LogP contribution is -2.29. The molecular formula is C29H29N3O4. The van der Waals surface area contributed by atoms with E-state index in [1.54, 1.807) is 35.0 Å². The van der Waals surface area contributed by atoms with E-state index in [4.69, 9.17) is 4.74 Å². The van der Waals surface area contributed by atoms with Gasteiger partial charge in [-0.05, 0) is 68.1 Å². The molecule has 1 aromatic heterocycles. The predicted molar refractivity (Wildman–Crippen MR) is 137 cm³/mol. The Morgan fingerprint density at radius 3 is 2.44 bits per heavy atom. The van der Waals surface area contributed by atoms with E-state index in [-0.39, 0.29) is 52.3 Å². The smallest absolute Gasteiger partial charge is 0.268 e. The van der Waals surface area contributed by atoms with Crippen LogP contribution in [0.4, 0.5) is 5.69 Å². The maximum absolute atomic E-state index is 13.5. The van der Waals surface area contributed by atoms with Crippen molar-refractivity contribution in [3.63, 3.8) is 0 Å². The van der Waals surface area contributed by atoms with Gasteiger partial charge in [-0.2, -0.15) is 5.26 Å². The maximum Gasteiger partial charge on any atom is 0.268 e. The van der Waals surface area contributed by atoms with E-state index in [1.165, 1.54) is 6.07 Å². The Kier molecular flexibility index (Phi) is 7.65. The quantitative estimate of drug-likeness (QED) is 0.472. The number of benzene rings is 2. The lowest BCUT2D eigenvalue weighted by atomic mass is 9.94. The van der Waals surface area contributed by atoms with Crippen molar-refractivity contribution >= 4 is 17.4 Å². The summed E-state index contributed by atoms with van der Waals surface area (Å²) in [4.78, 5) is 38.8. The third-order valence-electron chi connectivity index (χ3n) is 6.39. The largest absolute Gasteiger partial charge is 0.483 e. The minimum absolute atomic E-state index is 0.0217. The molecule has 184 valence electrons. The summed E-state index contributed by atoms with van der Waals surface area (Å²) in [6.45, 7) is 3.63. The fourth-order valence-electron chi connectivity index (χ4n) is 4.76. The number of hydrogen-bond donors (Lipinski definition) is 1. The Morgan fingerprint density at radius 1 is 1.06 bits per heavy atom. The van der Waals surface area contributed by atoms with Gasteiger partial charge in [-0.15, -0.1) is 0 Å². The number of para-hydroxylation sites is 1. The second-order valence-electron chi connectivity index (χ2n) is 9.30. The molecule has 0 aliphatic heterocycles. The highest BCUT2D eigenvalue weighted by atomic mass is 16.5. The normalized spacial score (nSPS) is 13.6. The van der Waals surface area contributed by atoms with Gasteiger partial charge in [0.1, 0.15) is 17.4 Å². The summed E-state index contributed by atoms with van der Waals surface area (Å²) >= 11 is 0. The molecule has 7 nitrogen and oxygen atoms in total. The number of carbonyl (C=O) groups is 2. The third kappa shape index (κ3) is 5.72. The van der Waals surface area contributed by atoms with Gasteiger partial charge in [0.25, 0.3) is 11.5 Å². The van der Waals surface area contributed by atoms with E-state index in [9.17, 15) is 19.6 Å². The first-order valence-corrected chi connectivity index (χ1v) is 12.2. The summed E-state index contributed by atoms with van der Waals surface area (Å²) in [5.41, 5.74) is 2.83. The van der Waals surface area contributed by atoms with Gasteiger partial charge in [0.2, 0.25) is 0 Å². The Balaban J connectivity index is 1.55. The molecule has 0 unspecified atom stereocenters. The van der Waals surface area contributed by atoms with Gasteiger partial charge in [-0.3, -0.25) is 14.4 Å². The molecule has 2 aromatic carbocycles. The van der Waals surface area contributed by atoms with Crippen LogP contribution in [0.15, 0.2) is 59.5 Å². The summed E-state index contributed by atoms with van der Waals surface area (Å²) in [6, 6.07) is 15.7. The Labute approximate surface area is 210 Å². The zero-order chi connectivity index (χ0) is 25.7. The van der Waals surface area contributed by atoms with Gasteiger partial charge in [0, 0.05) is 23.5 Å². The van der Waals surface area contributed by atoms with Crippen LogP contribution in [-0.2, 0) is 4.79 Å². The Hall–Kier alpha value is -4.18. The topological polar surface area (TPSA) is 101 Å². The fourth-order valence-corrected chi connectivity index (χ4v) is 4.76. The van der Waals surface area contributed by atoms with Gasteiger partial charge >= 0.3 is 0 Å². The maximum atomic E-state index is 13.5. The molecule has 0 atom stereocenters. The second kappa shape index (κ2) is 11.0. The number of rotatable bonds is 7. The van der Waals surface area contributed by atoms with E-state index in [0.717, 1.165) is 43.2 Å². The molecular weight excluding hydrogens is 454 g/mol. The number of ketones is 1. The Morgan fingerprint density at radius 2 is 1.75 bits per heavy atom. The SMILES string of the molecule is Cc1cc(C)cc(NC(=O)COc2ccccc2C(=O)c2cc(C#N)c(=O)n(C3CCCCC3)c2)c1. The van der Waals surface area contributed by atoms with Gasteiger partial charge in [-0.1, -0.05) is 37.5 Å². The van der Waals surface area contributed by atoms with Crippen LogP contribution >= 0.6 is 0 Å². The highest BCUT2D eigenvalue weighted by Crippen LogP contribution is 2.28. The number of aromatic nitrogens is 1. The average Bonchev–Trinajstić information content (AvgIpc) is 2.87. The highest BCUT2D eigenvalue weighted by Gasteiger charge is 2.22. The van der Waals surface area contributed by atoms with Crippen LogP contribution in [0.5, 0.6) is 5.75 Å². The molecule has 36 heavy (non-hydrogen) atoms. The predicted octanol–water partition coefficient (Wildman–Crippen LogP) is 5.09. The summed E-state index contributed by atoms with van der Waals surface area (Å²) < 4.78 is 7.28. The van der Waals surface area contributed by atoms with Crippen LogP contribution in [0.1, 0.15) is 70.8 Å². The molecule has 1 aliphatic rings. The standard InChI is InChI=1S/C29H29N3O4/c1-19-12-20(2)14-23(13-19)31-27(33)18-36-26-11-7-6-10-25(26)28(34)22-15-21(16-30)29(35)32(17-22)24-8-4-3-5-9-24/h6-7,10-15,17,24H,3-5,8-9,18H2,1-2H3,(H,31,33). The van der Waals surface area contributed by atoms with Crippen molar-refractivity contribution in [2.24, 2.45) is 0 Å². The molecule has 3 aromatic rings. The molecule has 0 saturated heterocycles. The van der Waals surface area contributed by atoms with Gasteiger partial charge in [-0.25, -0.2) is 0 Å². The minimum Gasteiger partial charge on any atom is -0.483 e. The zero-order valence-electron chi connectivity index (χ0n) is 20.5. The van der Waals surface area contributed by atoms with Crippen LogP contribution in [0.2, 0.25) is 0 Å². The number of pyridine rings is 1. The van der Waals surface area contributed by atoms with Crippen molar-refractivity contribution in [1.82, 2.24) is 4.57 Å². The monoisotopic (exact) mass is 483 g/mol. The van der Waals surface area contributed by atoms with Crippen molar-refractivity contribution in [3.8, 4) is 11.8 Å². The average molecular weight is 484 g/mol. The number of aryl methyl sites for hydroxylation is 2. The van der Waals surface area contributed by atoms with Crippen LogP contribution in [0.25, 0.3) is 0 Å². The number of nitriles is 1. The molecule has 0 spiro atoms. The molecule has 1 N–H and O–H groups in total. The summed E-state index contributed by atoms with van der Waals surface area (Å²) in [6.07, 6.45) is 6.40. The molecule has 1 aliphatic carbocycles. The van der Waals surface area contributed by atoms with Crippen molar-refractivity contribution in [3.05, 3.63) is 92.9 Å². The summed E-state index contributed by atoms with van der Waals surface area (Å²) in [5.74, 6) is -0.465.